The van der Waals surface area contributed by atoms with Gasteiger partial charge >= 0.3 is 0 Å². The molecule has 0 spiro atoms. The van der Waals surface area contributed by atoms with Crippen LogP contribution >= 0.6 is 0 Å². The summed E-state index contributed by atoms with van der Waals surface area (Å²) in [6.07, 6.45) is 5.83. The maximum absolute atomic E-state index is 6.75. The molecule has 0 saturated heterocycles. The van der Waals surface area contributed by atoms with Gasteiger partial charge < -0.3 is 13.9 Å². The van der Waals surface area contributed by atoms with E-state index in [0.717, 1.165) is 94.5 Å². The summed E-state index contributed by atoms with van der Waals surface area (Å²) < 4.78 is 13.4. The number of pyridine rings is 1. The van der Waals surface area contributed by atoms with E-state index in [9.17, 15) is 0 Å². The van der Waals surface area contributed by atoms with Crippen LogP contribution in [-0.4, -0.2) is 14.1 Å². The van der Waals surface area contributed by atoms with Crippen LogP contribution in [0.4, 0.5) is 0 Å². The Hall–Kier alpha value is -8.11. The molecule has 1 aliphatic heterocycles. The molecule has 0 amide bonds. The predicted molar refractivity (Wildman–Crippen MR) is 279 cm³/mol. The number of benzene rings is 9. The Morgan fingerprint density at radius 2 is 1.09 bits per heavy atom. The minimum absolute atomic E-state index is 0. The second-order valence-corrected chi connectivity index (χ2v) is 18.8. The van der Waals surface area contributed by atoms with Gasteiger partial charge in [0, 0.05) is 44.3 Å². The molecule has 5 nitrogen and oxygen atoms in total. The fraction of sp³-hybridized carbons (Fsp3) is 0.0625. The molecule has 0 radical (unpaired) electrons. The summed E-state index contributed by atoms with van der Waals surface area (Å²) in [7, 11) is 0. The maximum atomic E-state index is 6.75. The van der Waals surface area contributed by atoms with Crippen LogP contribution in [-0.2, 0) is 26.5 Å². The van der Waals surface area contributed by atoms with Gasteiger partial charge in [-0.05, 0) is 108 Å². The quantitative estimate of drug-likeness (QED) is 0.123. The van der Waals surface area contributed by atoms with Crippen molar-refractivity contribution in [2.75, 3.05) is 0 Å². The van der Waals surface area contributed by atoms with Gasteiger partial charge in [-0.2, -0.15) is 18.2 Å². The van der Waals surface area contributed by atoms with Gasteiger partial charge in [0.15, 0.2) is 0 Å². The van der Waals surface area contributed by atoms with Gasteiger partial charge in [-0.1, -0.05) is 172 Å². The summed E-state index contributed by atoms with van der Waals surface area (Å²) in [6.45, 7) is 6.68. The second-order valence-electron chi connectivity index (χ2n) is 18.8. The molecule has 6 heteroatoms. The summed E-state index contributed by atoms with van der Waals surface area (Å²) in [5.41, 5.74) is 18.4. The van der Waals surface area contributed by atoms with Crippen LogP contribution in [0.25, 0.3) is 106 Å². The Kier molecular flexibility index (Phi) is 10.6. The molecule has 0 atom stereocenters. The van der Waals surface area contributed by atoms with Gasteiger partial charge in [0.1, 0.15) is 5.82 Å². The van der Waals surface area contributed by atoms with Crippen molar-refractivity contribution in [2.24, 2.45) is 0 Å². The first-order chi connectivity index (χ1) is 33.9. The van der Waals surface area contributed by atoms with E-state index in [2.05, 4.69) is 241 Å². The van der Waals surface area contributed by atoms with Crippen molar-refractivity contribution < 1.29 is 30.4 Å². The van der Waals surface area contributed by atoms with E-state index in [-0.39, 0.29) is 26.5 Å². The molecular weight excluding hydrogens is 1040 g/mol. The number of hydrogen-bond donors (Lipinski definition) is 0. The van der Waals surface area contributed by atoms with Crippen molar-refractivity contribution in [1.29, 1.82) is 0 Å². The Bertz CT molecular complexity index is 3980. The molecule has 9 aromatic carbocycles. The summed E-state index contributed by atoms with van der Waals surface area (Å²) in [5, 5.41) is 2.21. The van der Waals surface area contributed by atoms with Crippen LogP contribution in [0, 0.1) is 18.5 Å². The average molecular weight is 1080 g/mol. The number of para-hydroxylation sites is 2. The number of rotatable bonds is 6. The molecule has 0 aliphatic carbocycles. The van der Waals surface area contributed by atoms with Crippen molar-refractivity contribution in [2.45, 2.75) is 26.2 Å². The third-order valence-electron chi connectivity index (χ3n) is 13.5. The molecule has 13 rings (SSSR count). The van der Waals surface area contributed by atoms with Gasteiger partial charge in [-0.15, -0.1) is 29.7 Å². The van der Waals surface area contributed by atoms with Gasteiger partial charge in [-0.25, -0.2) is 4.98 Å². The molecule has 12 aromatic rings. The smallest absolute Gasteiger partial charge is 0.268 e. The second kappa shape index (κ2) is 17.1. The molecule has 0 saturated carbocycles. The summed E-state index contributed by atoms with van der Waals surface area (Å²) >= 11 is 0. The molecular formula is C64H44N4OPt-2. The van der Waals surface area contributed by atoms with Crippen molar-refractivity contribution in [3.05, 3.63) is 236 Å². The zero-order valence-corrected chi connectivity index (χ0v) is 41.0. The largest absolute Gasteiger partial charge is 0.510 e. The third-order valence-corrected chi connectivity index (χ3v) is 13.5. The Labute approximate surface area is 421 Å². The van der Waals surface area contributed by atoms with E-state index < -0.39 is 0 Å². The zero-order chi connectivity index (χ0) is 46.2. The first kappa shape index (κ1) is 43.2. The molecule has 0 N–H and O–H groups in total. The number of nitrogens with zero attached hydrogens (tertiary/aromatic N) is 4. The molecule has 0 unspecified atom stereocenters. The predicted octanol–water partition coefficient (Wildman–Crippen LogP) is 15.5. The van der Waals surface area contributed by atoms with E-state index in [1.165, 1.54) is 16.7 Å². The van der Waals surface area contributed by atoms with E-state index in [1.54, 1.807) is 0 Å². The molecule has 3 aromatic heterocycles. The van der Waals surface area contributed by atoms with Crippen LogP contribution in [0.15, 0.2) is 212 Å². The van der Waals surface area contributed by atoms with Crippen molar-refractivity contribution in [3.63, 3.8) is 0 Å². The SMILES string of the molecule is CC(C)(C)c1ccnc(-n2c3[c-]c(Oc4[c-]c(-n5[c-][n+]6c7c(cccc75)-c5ccccc5-c5ccccc5-c5cc(-c7ccccc7)cc(-c7ccccc7)c5-6)ccc4)ccc3c3ccccc32)c1.[Pt]. The van der Waals surface area contributed by atoms with Gasteiger partial charge in [-0.3, -0.25) is 4.57 Å². The monoisotopic (exact) mass is 1080 g/mol. The van der Waals surface area contributed by atoms with Crippen LogP contribution in [0.1, 0.15) is 26.3 Å². The van der Waals surface area contributed by atoms with E-state index in [4.69, 9.17) is 9.72 Å². The van der Waals surface area contributed by atoms with Gasteiger partial charge in [0.05, 0.1) is 16.7 Å². The van der Waals surface area contributed by atoms with Crippen LogP contribution < -0.4 is 9.30 Å². The minimum Gasteiger partial charge on any atom is -0.510 e. The summed E-state index contributed by atoms with van der Waals surface area (Å²) in [4.78, 5) is 4.88. The first-order valence-electron chi connectivity index (χ1n) is 23.5. The zero-order valence-electron chi connectivity index (χ0n) is 38.7. The van der Waals surface area contributed by atoms with E-state index in [1.807, 2.05) is 24.4 Å². The van der Waals surface area contributed by atoms with E-state index in [0.29, 0.717) is 11.5 Å². The fourth-order valence-corrected chi connectivity index (χ4v) is 10.3. The van der Waals surface area contributed by atoms with Gasteiger partial charge in [0.2, 0.25) is 0 Å². The van der Waals surface area contributed by atoms with Gasteiger partial charge in [0.25, 0.3) is 6.33 Å². The Morgan fingerprint density at radius 1 is 0.486 bits per heavy atom. The molecule has 0 fully saturated rings. The molecule has 70 heavy (non-hydrogen) atoms. The number of imidazole rings is 1. The van der Waals surface area contributed by atoms with Crippen molar-refractivity contribution in [3.8, 4) is 84.3 Å². The number of fused-ring (bicyclic) bond motifs is 10. The average Bonchev–Trinajstić information content (AvgIpc) is 3.95. The number of aromatic nitrogens is 4. The maximum Gasteiger partial charge on any atom is 0.268 e. The van der Waals surface area contributed by atoms with E-state index >= 15 is 0 Å². The fourth-order valence-electron chi connectivity index (χ4n) is 10.3. The summed E-state index contributed by atoms with van der Waals surface area (Å²) in [6, 6.07) is 80.6. The number of ether oxygens (including phenoxy) is 1. The van der Waals surface area contributed by atoms with Crippen molar-refractivity contribution in [1.82, 2.24) is 14.1 Å². The number of hydrogen-bond acceptors (Lipinski definition) is 2. The van der Waals surface area contributed by atoms with Crippen LogP contribution in [0.3, 0.4) is 0 Å². The molecule has 4 heterocycles. The van der Waals surface area contributed by atoms with Crippen LogP contribution in [0.5, 0.6) is 11.5 Å². The normalized spacial score (nSPS) is 11.8. The minimum atomic E-state index is -0.0382. The van der Waals surface area contributed by atoms with Crippen molar-refractivity contribution >= 4 is 32.8 Å². The topological polar surface area (TPSA) is 35.9 Å². The third kappa shape index (κ3) is 7.20. The molecule has 1 aliphatic rings. The molecule has 338 valence electrons. The first-order valence-corrected chi connectivity index (χ1v) is 23.5. The van der Waals surface area contributed by atoms with Crippen LogP contribution in [0.2, 0.25) is 0 Å². The molecule has 0 bridgehead atoms. The standard InChI is InChI=1S/C64H44N4O.Pt/c1-64(2,3)45-34-35-65-61(38-45)68-58-30-15-14-28-53(58)54-33-32-48(40-60(54)68)69-47-23-16-22-46(39-47)66-41-67-62-56(43-20-8-5-9-21-43)36-44(42-18-6-4-7-19-42)37-57(62)52-27-13-11-25-50(52)49-24-10-12-26-51(49)55-29-17-31-59(66)63(55)67;/h4-38H,1-3H3;/q-2;. The Balaban J connectivity index is 0.00000505. The summed E-state index contributed by atoms with van der Waals surface area (Å²) in [5.74, 6) is 1.99. The Morgan fingerprint density at radius 3 is 1.83 bits per heavy atom.